The molecule has 0 radical (unpaired) electrons. The molecule has 1 amide bonds. The van der Waals surface area contributed by atoms with Crippen LogP contribution in [0.25, 0.3) is 5.65 Å². The number of carbonyl (C=O) groups excluding carboxylic acids is 1. The fourth-order valence-corrected chi connectivity index (χ4v) is 3.68. The highest BCUT2D eigenvalue weighted by atomic mass is 16.5. The number of ether oxygens (including phenoxy) is 2. The molecule has 0 aliphatic carbocycles. The highest BCUT2D eigenvalue weighted by Crippen LogP contribution is 2.28. The number of hydrogen-bond acceptors (Lipinski definition) is 5. The van der Waals surface area contributed by atoms with Gasteiger partial charge in [-0.1, -0.05) is 19.9 Å². The van der Waals surface area contributed by atoms with Gasteiger partial charge in [0.1, 0.15) is 0 Å². The summed E-state index contributed by atoms with van der Waals surface area (Å²) in [6, 6.07) is 7.74. The van der Waals surface area contributed by atoms with Gasteiger partial charge in [-0.05, 0) is 62.8 Å². The molecular formula is C25H34N4O3. The Hall–Kier alpha value is -3.09. The number of nitrogens with one attached hydrogen (secondary N) is 1. The van der Waals surface area contributed by atoms with E-state index in [1.54, 1.807) is 7.11 Å². The second kappa shape index (κ2) is 10.5. The van der Waals surface area contributed by atoms with Gasteiger partial charge in [-0.15, -0.1) is 0 Å². The predicted molar refractivity (Wildman–Crippen MR) is 125 cm³/mol. The van der Waals surface area contributed by atoms with Gasteiger partial charge in [0.05, 0.1) is 19.4 Å². The molecule has 7 nitrogen and oxygen atoms in total. The monoisotopic (exact) mass is 438 g/mol. The maximum atomic E-state index is 12.5. The molecule has 0 aliphatic heterocycles. The summed E-state index contributed by atoms with van der Waals surface area (Å²) in [4.78, 5) is 17.1. The summed E-state index contributed by atoms with van der Waals surface area (Å²) in [5.74, 6) is 1.99. The molecular weight excluding hydrogens is 404 g/mol. The molecule has 0 saturated carbocycles. The first-order chi connectivity index (χ1) is 15.3. The van der Waals surface area contributed by atoms with Crippen LogP contribution in [0.2, 0.25) is 0 Å². The lowest BCUT2D eigenvalue weighted by atomic mass is 10.1. The smallest absolute Gasteiger partial charge is 0.220 e. The van der Waals surface area contributed by atoms with Gasteiger partial charge in [-0.3, -0.25) is 4.79 Å². The maximum absolute atomic E-state index is 12.5. The lowest BCUT2D eigenvalue weighted by Crippen LogP contribution is -2.23. The zero-order valence-corrected chi connectivity index (χ0v) is 20.0. The number of benzene rings is 1. The van der Waals surface area contributed by atoms with Crippen LogP contribution >= 0.6 is 0 Å². The standard InChI is InChI=1S/C25H34N4O3/c1-16(2)11-12-32-22-9-7-20(14-23(22)31-6)15-26-25(30)10-8-21-18(4)27-24-13-17(3)28-29(24)19(21)5/h7,9,13-14,16H,8,10-12,15H2,1-6H3,(H,26,30). The number of aryl methyl sites for hydroxylation is 3. The molecule has 3 aromatic rings. The number of hydrogen-bond donors (Lipinski definition) is 1. The molecule has 2 aromatic heterocycles. The largest absolute Gasteiger partial charge is 0.493 e. The van der Waals surface area contributed by atoms with Crippen molar-refractivity contribution < 1.29 is 14.3 Å². The van der Waals surface area contributed by atoms with E-state index in [1.807, 2.05) is 49.6 Å². The van der Waals surface area contributed by atoms with Crippen molar-refractivity contribution in [1.29, 1.82) is 0 Å². The lowest BCUT2D eigenvalue weighted by Gasteiger charge is -2.14. The first-order valence-electron chi connectivity index (χ1n) is 11.2. The average Bonchev–Trinajstić information content (AvgIpc) is 3.12. The van der Waals surface area contributed by atoms with Crippen molar-refractivity contribution in [3.8, 4) is 11.5 Å². The van der Waals surface area contributed by atoms with Crippen molar-refractivity contribution in [3.05, 3.63) is 52.5 Å². The van der Waals surface area contributed by atoms with Gasteiger partial charge < -0.3 is 14.8 Å². The van der Waals surface area contributed by atoms with Gasteiger partial charge >= 0.3 is 0 Å². The number of rotatable bonds is 10. The number of amides is 1. The minimum atomic E-state index is -0.00299. The van der Waals surface area contributed by atoms with Gasteiger partial charge in [-0.25, -0.2) is 9.50 Å². The molecule has 0 unspecified atom stereocenters. The van der Waals surface area contributed by atoms with Crippen LogP contribution in [-0.2, 0) is 17.8 Å². The van der Waals surface area contributed by atoms with Gasteiger partial charge in [-0.2, -0.15) is 5.10 Å². The van der Waals surface area contributed by atoms with E-state index < -0.39 is 0 Å². The molecule has 0 bridgehead atoms. The van der Waals surface area contributed by atoms with Crippen LogP contribution in [0.15, 0.2) is 24.3 Å². The van der Waals surface area contributed by atoms with E-state index in [4.69, 9.17) is 9.47 Å². The minimum Gasteiger partial charge on any atom is -0.493 e. The molecule has 172 valence electrons. The second-order valence-electron chi connectivity index (χ2n) is 8.61. The summed E-state index contributed by atoms with van der Waals surface area (Å²) in [6.07, 6.45) is 2.00. The van der Waals surface area contributed by atoms with Crippen molar-refractivity contribution in [2.45, 2.75) is 60.4 Å². The van der Waals surface area contributed by atoms with Crippen molar-refractivity contribution in [2.24, 2.45) is 5.92 Å². The molecule has 0 atom stereocenters. The van der Waals surface area contributed by atoms with Crippen molar-refractivity contribution in [3.63, 3.8) is 0 Å². The normalized spacial score (nSPS) is 11.2. The van der Waals surface area contributed by atoms with E-state index in [0.29, 0.717) is 37.7 Å². The van der Waals surface area contributed by atoms with E-state index in [2.05, 4.69) is 29.2 Å². The van der Waals surface area contributed by atoms with Crippen LogP contribution in [-0.4, -0.2) is 34.2 Å². The first kappa shape index (κ1) is 23.6. The molecule has 7 heteroatoms. The fraction of sp³-hybridized carbons (Fsp3) is 0.480. The van der Waals surface area contributed by atoms with Crippen LogP contribution in [0.5, 0.6) is 11.5 Å². The summed E-state index contributed by atoms with van der Waals surface area (Å²) in [7, 11) is 1.63. The van der Waals surface area contributed by atoms with E-state index in [0.717, 1.165) is 46.0 Å². The number of methoxy groups -OCH3 is 1. The molecule has 32 heavy (non-hydrogen) atoms. The molecule has 3 rings (SSSR count). The molecule has 0 aliphatic rings. The van der Waals surface area contributed by atoms with Gasteiger partial charge in [0.15, 0.2) is 17.1 Å². The number of nitrogens with zero attached hydrogens (tertiary/aromatic N) is 3. The molecule has 1 N–H and O–H groups in total. The zero-order valence-electron chi connectivity index (χ0n) is 20.0. The maximum Gasteiger partial charge on any atom is 0.220 e. The average molecular weight is 439 g/mol. The Balaban J connectivity index is 1.56. The van der Waals surface area contributed by atoms with Crippen LogP contribution in [0.3, 0.4) is 0 Å². The lowest BCUT2D eigenvalue weighted by molar-refractivity contribution is -0.121. The Morgan fingerprint density at radius 2 is 1.94 bits per heavy atom. The molecule has 0 spiro atoms. The molecule has 1 aromatic carbocycles. The highest BCUT2D eigenvalue weighted by molar-refractivity contribution is 5.76. The SMILES string of the molecule is COc1cc(CNC(=O)CCc2c(C)nc3cc(C)nn3c2C)ccc1OCCC(C)C. The molecule has 2 heterocycles. The van der Waals surface area contributed by atoms with E-state index in [9.17, 15) is 4.79 Å². The summed E-state index contributed by atoms with van der Waals surface area (Å²) in [6.45, 7) is 11.4. The number of fused-ring (bicyclic) bond motifs is 1. The Morgan fingerprint density at radius 1 is 1.16 bits per heavy atom. The van der Waals surface area contributed by atoms with E-state index >= 15 is 0 Å². The molecule has 0 fully saturated rings. The third kappa shape index (κ3) is 5.78. The first-order valence-corrected chi connectivity index (χ1v) is 11.2. The van der Waals surface area contributed by atoms with E-state index in [-0.39, 0.29) is 5.91 Å². The van der Waals surface area contributed by atoms with Crippen molar-refractivity contribution >= 4 is 11.6 Å². The number of aromatic nitrogens is 3. The Bertz CT molecular complexity index is 1090. The summed E-state index contributed by atoms with van der Waals surface area (Å²) in [5, 5.41) is 7.50. The topological polar surface area (TPSA) is 77.8 Å². The Morgan fingerprint density at radius 3 is 2.66 bits per heavy atom. The summed E-state index contributed by atoms with van der Waals surface area (Å²) < 4.78 is 13.2. The third-order valence-corrected chi connectivity index (χ3v) is 5.56. The fourth-order valence-electron chi connectivity index (χ4n) is 3.68. The second-order valence-corrected chi connectivity index (χ2v) is 8.61. The van der Waals surface area contributed by atoms with Gasteiger partial charge in [0.25, 0.3) is 0 Å². The Labute approximate surface area is 190 Å². The van der Waals surface area contributed by atoms with Crippen LogP contribution in [0.1, 0.15) is 54.9 Å². The van der Waals surface area contributed by atoms with Crippen molar-refractivity contribution in [2.75, 3.05) is 13.7 Å². The molecule has 0 saturated heterocycles. The highest BCUT2D eigenvalue weighted by Gasteiger charge is 2.13. The third-order valence-electron chi connectivity index (χ3n) is 5.56. The van der Waals surface area contributed by atoms with E-state index in [1.165, 1.54) is 0 Å². The summed E-state index contributed by atoms with van der Waals surface area (Å²) in [5.41, 5.74) is 5.79. The minimum absolute atomic E-state index is 0.00299. The van der Waals surface area contributed by atoms with Crippen LogP contribution in [0.4, 0.5) is 0 Å². The van der Waals surface area contributed by atoms with Crippen LogP contribution in [0, 0.1) is 26.7 Å². The van der Waals surface area contributed by atoms with Gasteiger partial charge in [0, 0.05) is 30.4 Å². The summed E-state index contributed by atoms with van der Waals surface area (Å²) >= 11 is 0. The van der Waals surface area contributed by atoms with Crippen LogP contribution < -0.4 is 14.8 Å². The zero-order chi connectivity index (χ0) is 23.3. The van der Waals surface area contributed by atoms with Gasteiger partial charge in [0.2, 0.25) is 5.91 Å². The number of carbonyl (C=O) groups is 1. The quantitative estimate of drug-likeness (QED) is 0.510. The predicted octanol–water partition coefficient (Wildman–Crippen LogP) is 4.34. The van der Waals surface area contributed by atoms with Crippen molar-refractivity contribution in [1.82, 2.24) is 19.9 Å². The Kier molecular flexibility index (Phi) is 7.72.